The van der Waals surface area contributed by atoms with E-state index in [1.54, 1.807) is 0 Å². The van der Waals surface area contributed by atoms with E-state index in [0.717, 1.165) is 0 Å². The number of hydrogen-bond donors (Lipinski definition) is 0. The van der Waals surface area contributed by atoms with Gasteiger partial charge in [0.15, 0.2) is 0 Å². The molecule has 62 valence electrons. The zero-order chi connectivity index (χ0) is 8.97. The van der Waals surface area contributed by atoms with E-state index in [-0.39, 0.29) is 3.63 Å². The van der Waals surface area contributed by atoms with Gasteiger partial charge in [0.25, 0.3) is 0 Å². The normalized spacial score (nSPS) is 12.5. The zero-order valence-electron chi connectivity index (χ0n) is 7.36. The van der Waals surface area contributed by atoms with Gasteiger partial charge < -0.3 is 0 Å². The molecule has 1 nitrogen and oxygen atoms in total. The molecule has 1 unspecified atom stereocenters. The summed E-state index contributed by atoms with van der Waals surface area (Å²) in [6.45, 7) is 0. The molecule has 0 N–H and O–H groups in total. The Labute approximate surface area is 81.7 Å². The second-order valence-corrected chi connectivity index (χ2v) is 12.4. The van der Waals surface area contributed by atoms with Crippen molar-refractivity contribution in [1.82, 2.24) is 0 Å². The van der Waals surface area contributed by atoms with Crippen molar-refractivity contribution in [1.29, 1.82) is 5.26 Å². The van der Waals surface area contributed by atoms with Gasteiger partial charge in [0.05, 0.1) is 0 Å². The number of hydrogen-bond acceptors (Lipinski definition) is 1. The Morgan fingerprint density at radius 2 is 1.83 bits per heavy atom. The quantitative estimate of drug-likeness (QED) is 0.749. The average Bonchev–Trinajstić information content (AvgIpc) is 2.07. The molecule has 1 rings (SSSR count). The van der Waals surface area contributed by atoms with Crippen LogP contribution >= 0.6 is 0 Å². The molecule has 2 heteroatoms. The van der Waals surface area contributed by atoms with E-state index in [1.807, 2.05) is 18.2 Å². The molecule has 0 radical (unpaired) electrons. The standard InChI is InChI=1S/C8H6N.2CH3.Bi/c9-7-6-8-4-2-1-3-5-8;;;/h1-6H;2*1H3;. The molecule has 0 saturated carbocycles. The van der Waals surface area contributed by atoms with Crippen LogP contribution in [0.4, 0.5) is 0 Å². The van der Waals surface area contributed by atoms with Crippen LogP contribution in [0.2, 0.25) is 9.26 Å². The van der Waals surface area contributed by atoms with E-state index >= 15 is 0 Å². The monoisotopic (exact) mass is 355 g/mol. The fraction of sp³-hybridized carbons (Fsp3) is 0.300. The molecule has 0 bridgehead atoms. The van der Waals surface area contributed by atoms with Gasteiger partial charge in [-0.25, -0.2) is 0 Å². The van der Waals surface area contributed by atoms with Gasteiger partial charge in [-0.2, -0.15) is 0 Å². The van der Waals surface area contributed by atoms with Crippen LogP contribution in [0.25, 0.3) is 0 Å². The Morgan fingerprint density at radius 3 is 2.25 bits per heavy atom. The van der Waals surface area contributed by atoms with Crippen molar-refractivity contribution in [3.8, 4) is 6.07 Å². The Bertz CT molecular complexity index is 274. The first kappa shape index (κ1) is 9.68. The van der Waals surface area contributed by atoms with Crippen molar-refractivity contribution >= 4 is 21.8 Å². The Balaban J connectivity index is 2.90. The summed E-state index contributed by atoms with van der Waals surface area (Å²) in [7, 11) is 0. The van der Waals surface area contributed by atoms with Crippen LogP contribution in [-0.2, 0) is 0 Å². The zero-order valence-corrected chi connectivity index (χ0v) is 10.8. The second kappa shape index (κ2) is 4.58. The van der Waals surface area contributed by atoms with E-state index in [4.69, 9.17) is 5.26 Å². The van der Waals surface area contributed by atoms with E-state index < -0.39 is 21.8 Å². The molecule has 1 aromatic carbocycles. The number of nitriles is 1. The molecule has 0 aliphatic heterocycles. The predicted octanol–water partition coefficient (Wildman–Crippen LogP) is 2.59. The van der Waals surface area contributed by atoms with E-state index in [1.165, 1.54) is 5.56 Å². The van der Waals surface area contributed by atoms with Crippen LogP contribution in [0.3, 0.4) is 0 Å². The van der Waals surface area contributed by atoms with Crippen molar-refractivity contribution in [3.05, 3.63) is 35.9 Å². The maximum absolute atomic E-state index is 8.95. The van der Waals surface area contributed by atoms with Gasteiger partial charge in [0.2, 0.25) is 0 Å². The van der Waals surface area contributed by atoms with Gasteiger partial charge in [-0.3, -0.25) is 0 Å². The number of nitrogens with zero attached hydrogens (tertiary/aromatic N) is 1. The molecule has 12 heavy (non-hydrogen) atoms. The Morgan fingerprint density at radius 1 is 1.25 bits per heavy atom. The molecule has 1 atom stereocenters. The predicted molar refractivity (Wildman–Crippen MR) is 52.3 cm³/mol. The summed E-state index contributed by atoms with van der Waals surface area (Å²) < 4.78 is 4.79. The first-order valence-corrected chi connectivity index (χ1v) is 12.8. The minimum absolute atomic E-state index is 0.237. The summed E-state index contributed by atoms with van der Waals surface area (Å²) in [6, 6.07) is 12.5. The van der Waals surface area contributed by atoms with Gasteiger partial charge in [0.1, 0.15) is 0 Å². The number of benzene rings is 1. The molecule has 0 saturated heterocycles. The third-order valence-corrected chi connectivity index (χ3v) is 7.38. The Kier molecular flexibility index (Phi) is 3.69. The van der Waals surface area contributed by atoms with Crippen molar-refractivity contribution in [2.24, 2.45) is 0 Å². The van der Waals surface area contributed by atoms with Crippen molar-refractivity contribution < 1.29 is 0 Å². The molecule has 0 fully saturated rings. The maximum atomic E-state index is 8.95. The van der Waals surface area contributed by atoms with Crippen molar-refractivity contribution in [2.45, 2.75) is 12.9 Å². The van der Waals surface area contributed by atoms with Gasteiger partial charge in [-0.05, 0) is 0 Å². The van der Waals surface area contributed by atoms with Crippen LogP contribution < -0.4 is 0 Å². The first-order chi connectivity index (χ1) is 5.75. The van der Waals surface area contributed by atoms with Crippen molar-refractivity contribution in [2.75, 3.05) is 0 Å². The third kappa shape index (κ3) is 2.29. The van der Waals surface area contributed by atoms with Crippen LogP contribution in [0.1, 0.15) is 9.19 Å². The second-order valence-electron chi connectivity index (χ2n) is 2.91. The van der Waals surface area contributed by atoms with Crippen LogP contribution in [0.15, 0.2) is 30.3 Å². The molecule has 0 amide bonds. The van der Waals surface area contributed by atoms with Gasteiger partial charge in [-0.1, -0.05) is 0 Å². The molecular weight excluding hydrogens is 343 g/mol. The van der Waals surface area contributed by atoms with E-state index in [2.05, 4.69) is 27.5 Å². The van der Waals surface area contributed by atoms with E-state index in [0.29, 0.717) is 0 Å². The van der Waals surface area contributed by atoms with Crippen LogP contribution in [0, 0.1) is 11.3 Å². The summed E-state index contributed by atoms with van der Waals surface area (Å²) in [4.78, 5) is 0. The SMILES string of the molecule is [CH3][Bi]([CH3])[CH](C#N)c1ccccc1. The average molecular weight is 355 g/mol. The van der Waals surface area contributed by atoms with Crippen molar-refractivity contribution in [3.63, 3.8) is 0 Å². The van der Waals surface area contributed by atoms with E-state index in [9.17, 15) is 0 Å². The van der Waals surface area contributed by atoms with Crippen LogP contribution in [0.5, 0.6) is 0 Å². The molecule has 0 heterocycles. The summed E-state index contributed by atoms with van der Waals surface area (Å²) in [5.74, 6) is 0. The summed E-state index contributed by atoms with van der Waals surface area (Å²) >= 11 is -1.46. The summed E-state index contributed by atoms with van der Waals surface area (Å²) in [6.07, 6.45) is 0. The molecule has 0 aliphatic rings. The Hall–Kier alpha value is -0.407. The van der Waals surface area contributed by atoms with Gasteiger partial charge >= 0.3 is 81.9 Å². The molecular formula is C10H12BiN. The summed E-state index contributed by atoms with van der Waals surface area (Å²) in [5, 5.41) is 8.95. The van der Waals surface area contributed by atoms with Gasteiger partial charge in [0, 0.05) is 0 Å². The van der Waals surface area contributed by atoms with Crippen LogP contribution in [-0.4, -0.2) is 21.8 Å². The number of rotatable bonds is 2. The molecule has 0 aromatic heterocycles. The fourth-order valence-corrected chi connectivity index (χ4v) is 5.01. The third-order valence-electron chi connectivity index (χ3n) is 1.75. The molecule has 0 spiro atoms. The minimum atomic E-state index is -1.46. The van der Waals surface area contributed by atoms with Gasteiger partial charge in [-0.15, -0.1) is 0 Å². The molecule has 0 aliphatic carbocycles. The molecule has 1 aromatic rings. The topological polar surface area (TPSA) is 23.8 Å². The summed E-state index contributed by atoms with van der Waals surface area (Å²) in [5.41, 5.74) is 1.21. The first-order valence-electron chi connectivity index (χ1n) is 3.86. The fourth-order valence-electron chi connectivity index (χ4n) is 1.12.